The van der Waals surface area contributed by atoms with Gasteiger partial charge in [0.1, 0.15) is 17.4 Å². The molecule has 1 aliphatic carbocycles. The number of rotatable bonds is 6. The third-order valence-electron chi connectivity index (χ3n) is 7.41. The number of amides is 3. The summed E-state index contributed by atoms with van der Waals surface area (Å²) in [5.41, 5.74) is -1.16. The Kier molecular flexibility index (Phi) is 5.11. The molecule has 9 nitrogen and oxygen atoms in total. The van der Waals surface area contributed by atoms with Gasteiger partial charge >= 0.3 is 0 Å². The molecule has 34 heavy (non-hydrogen) atoms. The van der Waals surface area contributed by atoms with Crippen molar-refractivity contribution in [1.29, 1.82) is 0 Å². The Labute approximate surface area is 200 Å². The molecule has 2 aromatic rings. The number of aromatic nitrogens is 1. The SMILES string of the molecule is Cc1cc(NC(=O)[C@H]2[C@H]3C(=O)N(Cc4cccs4)[C@H](C(=O)NC4CCCC4)[C@@]34C=C[C@H]2O4)no1. The van der Waals surface area contributed by atoms with E-state index in [9.17, 15) is 14.4 Å². The van der Waals surface area contributed by atoms with Crippen molar-refractivity contribution >= 4 is 34.9 Å². The van der Waals surface area contributed by atoms with E-state index in [2.05, 4.69) is 15.8 Å². The van der Waals surface area contributed by atoms with E-state index in [1.165, 1.54) is 11.3 Å². The van der Waals surface area contributed by atoms with Crippen molar-refractivity contribution in [3.8, 4) is 0 Å². The largest absolute Gasteiger partial charge is 0.360 e. The van der Waals surface area contributed by atoms with Crippen LogP contribution in [0.2, 0.25) is 0 Å². The average Bonchev–Trinajstić information content (AvgIpc) is 3.62. The number of ether oxygens (including phenoxy) is 1. The zero-order chi connectivity index (χ0) is 23.4. The Morgan fingerprint density at radius 1 is 1.29 bits per heavy atom. The molecule has 2 bridgehead atoms. The molecule has 4 aliphatic rings. The first-order chi connectivity index (χ1) is 16.5. The molecular weight excluding hydrogens is 456 g/mol. The van der Waals surface area contributed by atoms with Gasteiger partial charge in [-0.05, 0) is 31.2 Å². The van der Waals surface area contributed by atoms with Gasteiger partial charge in [-0.1, -0.05) is 36.2 Å². The number of nitrogens with one attached hydrogen (secondary N) is 2. The first-order valence-electron chi connectivity index (χ1n) is 11.7. The smallest absolute Gasteiger partial charge is 0.246 e. The van der Waals surface area contributed by atoms with Crippen LogP contribution in [-0.4, -0.2) is 51.6 Å². The molecule has 5 atom stereocenters. The summed E-state index contributed by atoms with van der Waals surface area (Å²) in [5.74, 6) is -1.49. The number of carbonyl (C=O) groups is 3. The zero-order valence-corrected chi connectivity index (χ0v) is 19.5. The molecule has 0 radical (unpaired) electrons. The summed E-state index contributed by atoms with van der Waals surface area (Å²) in [5, 5.41) is 11.7. The molecule has 3 fully saturated rings. The molecule has 1 spiro atoms. The van der Waals surface area contributed by atoms with Crippen molar-refractivity contribution in [2.45, 2.75) is 62.9 Å². The molecule has 6 rings (SSSR count). The number of carbonyl (C=O) groups excluding carboxylic acids is 3. The van der Waals surface area contributed by atoms with Gasteiger partial charge in [0.05, 0.1) is 24.5 Å². The topological polar surface area (TPSA) is 114 Å². The molecule has 2 saturated heterocycles. The second kappa shape index (κ2) is 8.06. The molecule has 10 heteroatoms. The van der Waals surface area contributed by atoms with E-state index in [1.807, 2.05) is 29.7 Å². The fourth-order valence-electron chi connectivity index (χ4n) is 5.99. The first-order valence-corrected chi connectivity index (χ1v) is 12.6. The predicted molar refractivity (Wildman–Crippen MR) is 123 cm³/mol. The summed E-state index contributed by atoms with van der Waals surface area (Å²) in [6, 6.07) is 4.76. The van der Waals surface area contributed by atoms with E-state index in [0.717, 1.165) is 30.6 Å². The fourth-order valence-corrected chi connectivity index (χ4v) is 6.70. The minimum absolute atomic E-state index is 0.110. The van der Waals surface area contributed by atoms with E-state index in [4.69, 9.17) is 9.26 Å². The normalized spacial score (nSPS) is 31.9. The van der Waals surface area contributed by atoms with Crippen LogP contribution in [-0.2, 0) is 25.7 Å². The summed E-state index contributed by atoms with van der Waals surface area (Å²) in [7, 11) is 0. The van der Waals surface area contributed by atoms with Crippen molar-refractivity contribution < 1.29 is 23.6 Å². The Bertz CT molecular complexity index is 1150. The Hall–Kier alpha value is -2.98. The van der Waals surface area contributed by atoms with E-state index < -0.39 is 29.6 Å². The molecule has 3 aliphatic heterocycles. The van der Waals surface area contributed by atoms with Gasteiger partial charge in [0.2, 0.25) is 17.7 Å². The molecule has 2 aromatic heterocycles. The van der Waals surface area contributed by atoms with Crippen LogP contribution in [0, 0.1) is 18.8 Å². The average molecular weight is 483 g/mol. The molecular formula is C24H26N4O5S. The van der Waals surface area contributed by atoms with Crippen molar-refractivity contribution in [2.24, 2.45) is 11.8 Å². The van der Waals surface area contributed by atoms with Gasteiger partial charge in [-0.3, -0.25) is 14.4 Å². The summed E-state index contributed by atoms with van der Waals surface area (Å²) < 4.78 is 11.4. The third kappa shape index (κ3) is 3.31. The summed E-state index contributed by atoms with van der Waals surface area (Å²) in [4.78, 5) is 43.4. The van der Waals surface area contributed by atoms with Gasteiger partial charge in [0.25, 0.3) is 0 Å². The first kappa shape index (κ1) is 21.5. The third-order valence-corrected chi connectivity index (χ3v) is 8.27. The van der Waals surface area contributed by atoms with Gasteiger partial charge in [-0.25, -0.2) is 0 Å². The number of anilines is 1. The lowest BCUT2D eigenvalue weighted by Gasteiger charge is -2.32. The van der Waals surface area contributed by atoms with Crippen molar-refractivity contribution in [2.75, 3.05) is 5.32 Å². The van der Waals surface area contributed by atoms with Crippen LogP contribution < -0.4 is 10.6 Å². The Morgan fingerprint density at radius 2 is 2.12 bits per heavy atom. The molecule has 3 amide bonds. The second-order valence-corrected chi connectivity index (χ2v) is 10.6. The summed E-state index contributed by atoms with van der Waals surface area (Å²) >= 11 is 1.53. The Morgan fingerprint density at radius 3 is 2.82 bits per heavy atom. The van der Waals surface area contributed by atoms with Gasteiger partial charge in [-0.15, -0.1) is 11.3 Å². The lowest BCUT2D eigenvalue weighted by Crippen LogP contribution is -2.55. The van der Waals surface area contributed by atoms with Gasteiger partial charge in [0, 0.05) is 17.0 Å². The van der Waals surface area contributed by atoms with Crippen LogP contribution in [0.15, 0.2) is 40.3 Å². The van der Waals surface area contributed by atoms with E-state index >= 15 is 0 Å². The number of nitrogens with zero attached hydrogens (tertiary/aromatic N) is 2. The van der Waals surface area contributed by atoms with Crippen LogP contribution in [0.25, 0.3) is 0 Å². The monoisotopic (exact) mass is 482 g/mol. The van der Waals surface area contributed by atoms with Crippen LogP contribution in [0.1, 0.15) is 36.3 Å². The van der Waals surface area contributed by atoms with Crippen LogP contribution in [0.4, 0.5) is 5.82 Å². The molecule has 2 N–H and O–H groups in total. The number of hydrogen-bond acceptors (Lipinski definition) is 7. The number of hydrogen-bond donors (Lipinski definition) is 2. The molecule has 178 valence electrons. The van der Waals surface area contributed by atoms with E-state index in [-0.39, 0.29) is 23.8 Å². The molecule has 1 saturated carbocycles. The number of likely N-dealkylation sites (tertiary alicyclic amines) is 1. The van der Waals surface area contributed by atoms with Crippen LogP contribution in [0.5, 0.6) is 0 Å². The number of thiophene rings is 1. The van der Waals surface area contributed by atoms with Crippen molar-refractivity contribution in [1.82, 2.24) is 15.4 Å². The maximum Gasteiger partial charge on any atom is 0.246 e. The highest BCUT2D eigenvalue weighted by Crippen LogP contribution is 2.55. The van der Waals surface area contributed by atoms with Crippen molar-refractivity contribution in [3.05, 3.63) is 46.4 Å². The summed E-state index contributed by atoms with van der Waals surface area (Å²) in [6.07, 6.45) is 7.12. The molecule has 0 aromatic carbocycles. The van der Waals surface area contributed by atoms with Gasteiger partial charge in [0.15, 0.2) is 5.82 Å². The van der Waals surface area contributed by atoms with E-state index in [0.29, 0.717) is 18.1 Å². The molecule has 0 unspecified atom stereocenters. The highest BCUT2D eigenvalue weighted by atomic mass is 32.1. The highest BCUT2D eigenvalue weighted by molar-refractivity contribution is 7.09. The van der Waals surface area contributed by atoms with Crippen LogP contribution >= 0.6 is 11.3 Å². The molecule has 5 heterocycles. The summed E-state index contributed by atoms with van der Waals surface area (Å²) in [6.45, 7) is 2.04. The standard InChI is InChI=1S/C24H26N4O5S/c1-13-11-17(27-33-13)26-21(29)18-16-8-9-24(32-16)19(18)23(31)28(12-15-7-4-10-34-15)20(24)22(30)25-14-5-2-3-6-14/h4,7-11,14,16,18-20H,2-3,5-6,12H2,1H3,(H,25,30)(H,26,27,29)/t16-,18-,19+,20-,24-/m1/s1. The number of fused-ring (bicyclic) bond motifs is 1. The fraction of sp³-hybridized carbons (Fsp3) is 0.500. The lowest BCUT2D eigenvalue weighted by molar-refractivity contribution is -0.142. The predicted octanol–water partition coefficient (Wildman–Crippen LogP) is 2.39. The zero-order valence-electron chi connectivity index (χ0n) is 18.7. The van der Waals surface area contributed by atoms with Crippen LogP contribution in [0.3, 0.4) is 0 Å². The van der Waals surface area contributed by atoms with Gasteiger partial charge < -0.3 is 24.8 Å². The van der Waals surface area contributed by atoms with E-state index in [1.54, 1.807) is 17.9 Å². The van der Waals surface area contributed by atoms with Crippen molar-refractivity contribution in [3.63, 3.8) is 0 Å². The minimum Gasteiger partial charge on any atom is -0.360 e. The highest BCUT2D eigenvalue weighted by Gasteiger charge is 2.72. The lowest BCUT2D eigenvalue weighted by atomic mass is 9.74. The van der Waals surface area contributed by atoms with Gasteiger partial charge in [-0.2, -0.15) is 0 Å². The quantitative estimate of drug-likeness (QED) is 0.612. The second-order valence-electron chi connectivity index (χ2n) is 9.55. The Balaban J connectivity index is 1.33. The number of aryl methyl sites for hydroxylation is 1. The maximum absolute atomic E-state index is 13.8. The maximum atomic E-state index is 13.8. The minimum atomic E-state index is -1.16.